The smallest absolute Gasteiger partial charge is 0.200 e. The van der Waals surface area contributed by atoms with Gasteiger partial charge in [-0.2, -0.15) is 0 Å². The molecule has 1 heterocycles. The maximum atomic E-state index is 13.2. The molecule has 0 saturated heterocycles. The molecule has 0 amide bonds. The molecule has 3 rings (SSSR count). The maximum Gasteiger partial charge on any atom is 0.200 e. The summed E-state index contributed by atoms with van der Waals surface area (Å²) in [7, 11) is 1.39. The normalized spacial score (nSPS) is 11.1. The Hall–Kier alpha value is -2.56. The summed E-state index contributed by atoms with van der Waals surface area (Å²) in [5.74, 6) is -0.371. The number of hydrogen-bond donors (Lipinski definition) is 1. The molecule has 19 heavy (non-hydrogen) atoms. The van der Waals surface area contributed by atoms with E-state index >= 15 is 0 Å². The summed E-state index contributed by atoms with van der Waals surface area (Å²) in [6, 6.07) is 6.31. The lowest BCUT2D eigenvalue weighted by Gasteiger charge is -2.06. The largest absolute Gasteiger partial charge is 0.508 e. The van der Waals surface area contributed by atoms with Gasteiger partial charge in [0.2, 0.25) is 5.43 Å². The first kappa shape index (κ1) is 11.5. The monoisotopic (exact) mass is 260 g/mol. The van der Waals surface area contributed by atoms with Crippen molar-refractivity contribution in [3.63, 3.8) is 0 Å². The molecular weight excluding hydrogens is 251 g/mol. The van der Waals surface area contributed by atoms with Gasteiger partial charge in [-0.1, -0.05) is 0 Å². The van der Waals surface area contributed by atoms with Crippen LogP contribution in [0.4, 0.5) is 4.39 Å². The number of fused-ring (bicyclic) bond motifs is 2. The lowest BCUT2D eigenvalue weighted by atomic mass is 10.1. The van der Waals surface area contributed by atoms with Crippen LogP contribution in [0, 0.1) is 5.82 Å². The van der Waals surface area contributed by atoms with Crippen molar-refractivity contribution in [2.45, 2.75) is 0 Å². The molecular formula is C14H9FO4. The standard InChI is InChI=1S/C14H9FO4/c1-18-12-6-8(16)5-10-13(17)9-3-2-7(15)4-11(9)19-14(10)12/h2-6,16H,1H3. The van der Waals surface area contributed by atoms with E-state index in [-0.39, 0.29) is 38.9 Å². The van der Waals surface area contributed by atoms with E-state index in [1.165, 1.54) is 31.4 Å². The van der Waals surface area contributed by atoms with Crippen molar-refractivity contribution < 1.29 is 18.7 Å². The van der Waals surface area contributed by atoms with Crippen molar-refractivity contribution in [1.29, 1.82) is 0 Å². The highest BCUT2D eigenvalue weighted by Gasteiger charge is 2.13. The highest BCUT2D eigenvalue weighted by molar-refractivity contribution is 5.93. The van der Waals surface area contributed by atoms with Crippen LogP contribution in [-0.2, 0) is 0 Å². The molecule has 0 bridgehead atoms. The molecule has 1 aromatic heterocycles. The first-order valence-electron chi connectivity index (χ1n) is 5.53. The second kappa shape index (κ2) is 3.98. The number of hydrogen-bond acceptors (Lipinski definition) is 4. The van der Waals surface area contributed by atoms with Crippen molar-refractivity contribution in [2.75, 3.05) is 7.11 Å². The number of methoxy groups -OCH3 is 1. The highest BCUT2D eigenvalue weighted by atomic mass is 19.1. The summed E-state index contributed by atoms with van der Waals surface area (Å²) in [4.78, 5) is 12.3. The Balaban J connectivity index is 2.57. The Morgan fingerprint density at radius 3 is 2.74 bits per heavy atom. The van der Waals surface area contributed by atoms with E-state index in [9.17, 15) is 14.3 Å². The minimum Gasteiger partial charge on any atom is -0.508 e. The van der Waals surface area contributed by atoms with Gasteiger partial charge in [-0.05, 0) is 18.2 Å². The zero-order valence-corrected chi connectivity index (χ0v) is 9.94. The summed E-state index contributed by atoms with van der Waals surface area (Å²) < 4.78 is 23.7. The van der Waals surface area contributed by atoms with Gasteiger partial charge in [0.05, 0.1) is 17.9 Å². The summed E-state index contributed by atoms with van der Waals surface area (Å²) >= 11 is 0. The Labute approximate surface area is 106 Å². The summed E-state index contributed by atoms with van der Waals surface area (Å²) in [5.41, 5.74) is -0.0182. The molecule has 1 N–H and O–H groups in total. The van der Waals surface area contributed by atoms with Crippen molar-refractivity contribution in [3.8, 4) is 11.5 Å². The van der Waals surface area contributed by atoms with Gasteiger partial charge in [0.25, 0.3) is 0 Å². The summed E-state index contributed by atoms with van der Waals surface area (Å²) in [6.07, 6.45) is 0. The van der Waals surface area contributed by atoms with Gasteiger partial charge < -0.3 is 14.3 Å². The molecule has 4 nitrogen and oxygen atoms in total. The zero-order valence-electron chi connectivity index (χ0n) is 9.94. The van der Waals surface area contributed by atoms with Gasteiger partial charge in [0.15, 0.2) is 11.3 Å². The fraction of sp³-hybridized carbons (Fsp3) is 0.0714. The van der Waals surface area contributed by atoms with Crippen LogP contribution in [0.3, 0.4) is 0 Å². The van der Waals surface area contributed by atoms with Crippen molar-refractivity contribution >= 4 is 21.9 Å². The minimum atomic E-state index is -0.493. The molecule has 5 heteroatoms. The highest BCUT2D eigenvalue weighted by Crippen LogP contribution is 2.31. The molecule has 0 radical (unpaired) electrons. The van der Waals surface area contributed by atoms with Gasteiger partial charge in [-0.15, -0.1) is 0 Å². The van der Waals surface area contributed by atoms with Crippen LogP contribution in [-0.4, -0.2) is 12.2 Å². The average Bonchev–Trinajstić information content (AvgIpc) is 2.39. The molecule has 0 aliphatic heterocycles. The molecule has 0 fully saturated rings. The van der Waals surface area contributed by atoms with E-state index in [0.717, 1.165) is 6.07 Å². The average molecular weight is 260 g/mol. The Kier molecular flexibility index (Phi) is 2.41. The molecule has 0 atom stereocenters. The van der Waals surface area contributed by atoms with Gasteiger partial charge >= 0.3 is 0 Å². The first-order chi connectivity index (χ1) is 9.10. The second-order valence-electron chi connectivity index (χ2n) is 4.10. The third-order valence-corrected chi connectivity index (χ3v) is 2.90. The SMILES string of the molecule is COc1cc(O)cc2c(=O)c3ccc(F)cc3oc12. The lowest BCUT2D eigenvalue weighted by Crippen LogP contribution is -2.03. The minimum absolute atomic E-state index is 0.0990. The fourth-order valence-electron chi connectivity index (χ4n) is 2.04. The molecule has 0 unspecified atom stereocenters. The molecule has 96 valence electrons. The van der Waals surface area contributed by atoms with Crippen LogP contribution in [0.15, 0.2) is 39.5 Å². The van der Waals surface area contributed by atoms with E-state index in [1.54, 1.807) is 0 Å². The number of rotatable bonds is 1. The van der Waals surface area contributed by atoms with Gasteiger partial charge in [-0.3, -0.25) is 4.79 Å². The summed E-state index contributed by atoms with van der Waals surface area (Å²) in [5, 5.41) is 10.0. The van der Waals surface area contributed by atoms with Crippen LogP contribution in [0.2, 0.25) is 0 Å². The predicted molar refractivity (Wildman–Crippen MR) is 68.2 cm³/mol. The van der Waals surface area contributed by atoms with E-state index in [1.807, 2.05) is 0 Å². The first-order valence-corrected chi connectivity index (χ1v) is 5.53. The second-order valence-corrected chi connectivity index (χ2v) is 4.10. The topological polar surface area (TPSA) is 59.7 Å². The molecule has 0 spiro atoms. The van der Waals surface area contributed by atoms with Crippen LogP contribution < -0.4 is 10.2 Å². The van der Waals surface area contributed by atoms with Crippen molar-refractivity contribution in [3.05, 3.63) is 46.4 Å². The number of ether oxygens (including phenoxy) is 1. The van der Waals surface area contributed by atoms with E-state index in [2.05, 4.69) is 0 Å². The summed E-state index contributed by atoms with van der Waals surface area (Å²) in [6.45, 7) is 0. The Bertz CT molecular complexity index is 851. The third-order valence-electron chi connectivity index (χ3n) is 2.90. The van der Waals surface area contributed by atoms with Crippen LogP contribution in [0.25, 0.3) is 21.9 Å². The molecule has 0 aliphatic rings. The van der Waals surface area contributed by atoms with Crippen LogP contribution in [0.5, 0.6) is 11.5 Å². The molecule has 2 aromatic carbocycles. The van der Waals surface area contributed by atoms with Crippen molar-refractivity contribution in [2.24, 2.45) is 0 Å². The van der Waals surface area contributed by atoms with Gasteiger partial charge in [0, 0.05) is 12.1 Å². The Morgan fingerprint density at radius 1 is 1.21 bits per heavy atom. The van der Waals surface area contributed by atoms with E-state index < -0.39 is 5.82 Å². The quantitative estimate of drug-likeness (QED) is 0.683. The van der Waals surface area contributed by atoms with E-state index in [4.69, 9.17) is 9.15 Å². The maximum absolute atomic E-state index is 13.2. The number of aromatic hydroxyl groups is 1. The molecule has 3 aromatic rings. The third kappa shape index (κ3) is 1.71. The number of benzene rings is 2. The number of phenols is 1. The van der Waals surface area contributed by atoms with E-state index in [0.29, 0.717) is 0 Å². The van der Waals surface area contributed by atoms with Gasteiger partial charge in [-0.25, -0.2) is 4.39 Å². The van der Waals surface area contributed by atoms with Gasteiger partial charge in [0.1, 0.15) is 17.1 Å². The number of phenolic OH excluding ortho intramolecular Hbond substituents is 1. The predicted octanol–water partition coefficient (Wildman–Crippen LogP) is 2.80. The zero-order chi connectivity index (χ0) is 13.6. The number of halogens is 1. The fourth-order valence-corrected chi connectivity index (χ4v) is 2.04. The lowest BCUT2D eigenvalue weighted by molar-refractivity contribution is 0.404. The van der Waals surface area contributed by atoms with Crippen LogP contribution >= 0.6 is 0 Å². The Morgan fingerprint density at radius 2 is 2.00 bits per heavy atom. The molecule has 0 saturated carbocycles. The van der Waals surface area contributed by atoms with Crippen LogP contribution in [0.1, 0.15) is 0 Å². The van der Waals surface area contributed by atoms with Crippen molar-refractivity contribution in [1.82, 2.24) is 0 Å². The molecule has 0 aliphatic carbocycles.